The van der Waals surface area contributed by atoms with Gasteiger partial charge in [-0.25, -0.2) is 0 Å². The van der Waals surface area contributed by atoms with E-state index in [-0.39, 0.29) is 0 Å². The molecule has 1 aromatic heterocycles. The molecule has 0 unspecified atom stereocenters. The van der Waals surface area contributed by atoms with Crippen LogP contribution in [0.4, 0.5) is 0 Å². The Morgan fingerprint density at radius 1 is 1.23 bits per heavy atom. The molecule has 0 bridgehead atoms. The van der Waals surface area contributed by atoms with Gasteiger partial charge in [0.25, 0.3) is 0 Å². The zero-order valence-electron chi connectivity index (χ0n) is 13.3. The highest BCUT2D eigenvalue weighted by Crippen LogP contribution is 2.51. The van der Waals surface area contributed by atoms with Crippen molar-refractivity contribution >= 4 is 10.9 Å². The van der Waals surface area contributed by atoms with Crippen molar-refractivity contribution in [3.05, 3.63) is 29.5 Å². The van der Waals surface area contributed by atoms with Crippen molar-refractivity contribution in [2.45, 2.75) is 38.1 Å². The Labute approximate surface area is 131 Å². The predicted octanol–water partition coefficient (Wildman–Crippen LogP) is 3.90. The fourth-order valence-corrected chi connectivity index (χ4v) is 5.34. The van der Waals surface area contributed by atoms with Gasteiger partial charge in [-0.05, 0) is 54.9 Å². The molecule has 1 aromatic carbocycles. The number of rotatable bonds is 1. The summed E-state index contributed by atoms with van der Waals surface area (Å²) in [5.74, 6) is 2.78. The number of fused-ring (bicyclic) bond motifs is 7. The van der Waals surface area contributed by atoms with Gasteiger partial charge < -0.3 is 9.72 Å². The van der Waals surface area contributed by atoms with Crippen LogP contribution in [0.25, 0.3) is 10.9 Å². The summed E-state index contributed by atoms with van der Waals surface area (Å²) in [6, 6.07) is 7.12. The maximum Gasteiger partial charge on any atom is 0.119 e. The number of nitrogens with zero attached hydrogens (tertiary/aromatic N) is 1. The lowest BCUT2D eigenvalue weighted by Gasteiger charge is -2.34. The van der Waals surface area contributed by atoms with E-state index in [1.54, 1.807) is 12.7 Å². The summed E-state index contributed by atoms with van der Waals surface area (Å²) in [7, 11) is 1.76. The SMILES string of the molecule is COc1ccc2[nH]c3c(c2c1)CCN1C[C@@H]2CCCC[C@@H]2[C@H]31. The highest BCUT2D eigenvalue weighted by Gasteiger charge is 2.46. The van der Waals surface area contributed by atoms with Crippen molar-refractivity contribution in [2.24, 2.45) is 11.8 Å². The number of H-pyrrole nitrogens is 1. The van der Waals surface area contributed by atoms with Crippen LogP contribution in [0.2, 0.25) is 0 Å². The molecule has 0 spiro atoms. The monoisotopic (exact) mass is 296 g/mol. The second kappa shape index (κ2) is 4.76. The fraction of sp³-hybridized carbons (Fsp3) is 0.579. The molecule has 22 heavy (non-hydrogen) atoms. The van der Waals surface area contributed by atoms with E-state index >= 15 is 0 Å². The summed E-state index contributed by atoms with van der Waals surface area (Å²) < 4.78 is 5.43. The number of ether oxygens (including phenoxy) is 1. The molecule has 3 heteroatoms. The summed E-state index contributed by atoms with van der Waals surface area (Å²) >= 11 is 0. The Hall–Kier alpha value is -1.48. The molecule has 2 aliphatic heterocycles. The van der Waals surface area contributed by atoms with Gasteiger partial charge in [-0.15, -0.1) is 0 Å². The van der Waals surface area contributed by atoms with E-state index < -0.39 is 0 Å². The first kappa shape index (κ1) is 13.0. The highest BCUT2D eigenvalue weighted by molar-refractivity contribution is 5.86. The van der Waals surface area contributed by atoms with Crippen molar-refractivity contribution in [1.29, 1.82) is 0 Å². The standard InChI is InChI=1S/C19H24N2O/c1-22-13-6-7-17-16(10-13)15-8-9-21-11-12-4-2-3-5-14(12)19(21)18(15)20-17/h6-7,10,12,14,19-20H,2-5,8-9,11H2,1H3/t12-,14-,19+/m0/s1. The number of benzene rings is 1. The van der Waals surface area contributed by atoms with E-state index in [0.717, 1.165) is 17.6 Å². The number of aromatic amines is 1. The second-order valence-corrected chi connectivity index (χ2v) is 7.33. The molecule has 3 atom stereocenters. The minimum atomic E-state index is 0.646. The molecule has 1 saturated carbocycles. The lowest BCUT2D eigenvalue weighted by Crippen LogP contribution is -2.32. The molecule has 2 fully saturated rings. The Balaban J connectivity index is 1.64. The second-order valence-electron chi connectivity index (χ2n) is 7.33. The molecule has 3 heterocycles. The molecule has 1 saturated heterocycles. The Morgan fingerprint density at radius 2 is 2.14 bits per heavy atom. The largest absolute Gasteiger partial charge is 0.497 e. The van der Waals surface area contributed by atoms with E-state index in [9.17, 15) is 0 Å². The van der Waals surface area contributed by atoms with Crippen molar-refractivity contribution in [1.82, 2.24) is 9.88 Å². The predicted molar refractivity (Wildman–Crippen MR) is 88.3 cm³/mol. The Morgan fingerprint density at radius 3 is 3.05 bits per heavy atom. The Bertz CT molecular complexity index is 720. The van der Waals surface area contributed by atoms with Crippen LogP contribution >= 0.6 is 0 Å². The van der Waals surface area contributed by atoms with Crippen LogP contribution < -0.4 is 4.74 Å². The lowest BCUT2D eigenvalue weighted by molar-refractivity contribution is 0.198. The third-order valence-electron chi connectivity index (χ3n) is 6.33. The van der Waals surface area contributed by atoms with E-state index in [1.165, 1.54) is 61.8 Å². The number of hydrogen-bond acceptors (Lipinski definition) is 2. The van der Waals surface area contributed by atoms with Crippen LogP contribution in [0.1, 0.15) is 43.0 Å². The first-order valence-corrected chi connectivity index (χ1v) is 8.77. The van der Waals surface area contributed by atoms with Crippen LogP contribution in [0, 0.1) is 11.8 Å². The van der Waals surface area contributed by atoms with Gasteiger partial charge in [0.1, 0.15) is 5.75 Å². The molecular formula is C19H24N2O. The molecular weight excluding hydrogens is 272 g/mol. The minimum absolute atomic E-state index is 0.646. The van der Waals surface area contributed by atoms with Crippen LogP contribution in [0.5, 0.6) is 5.75 Å². The van der Waals surface area contributed by atoms with Gasteiger partial charge in [0.05, 0.1) is 13.2 Å². The van der Waals surface area contributed by atoms with E-state index in [0.29, 0.717) is 6.04 Å². The lowest BCUT2D eigenvalue weighted by atomic mass is 9.77. The summed E-state index contributed by atoms with van der Waals surface area (Å²) in [5, 5.41) is 1.38. The molecule has 3 nitrogen and oxygen atoms in total. The van der Waals surface area contributed by atoms with Gasteiger partial charge in [-0.3, -0.25) is 4.90 Å². The van der Waals surface area contributed by atoms with Gasteiger partial charge in [0.2, 0.25) is 0 Å². The maximum absolute atomic E-state index is 5.43. The van der Waals surface area contributed by atoms with Crippen molar-refractivity contribution in [2.75, 3.05) is 20.2 Å². The molecule has 2 aromatic rings. The van der Waals surface area contributed by atoms with Crippen LogP contribution in [-0.2, 0) is 6.42 Å². The normalized spacial score (nSPS) is 30.9. The molecule has 3 aliphatic rings. The summed E-state index contributed by atoms with van der Waals surface area (Å²) in [5.41, 5.74) is 4.36. The Kier molecular flexibility index (Phi) is 2.81. The van der Waals surface area contributed by atoms with E-state index in [4.69, 9.17) is 4.74 Å². The third kappa shape index (κ3) is 1.72. The van der Waals surface area contributed by atoms with Crippen LogP contribution in [0.15, 0.2) is 18.2 Å². The fourth-order valence-electron chi connectivity index (χ4n) is 5.34. The van der Waals surface area contributed by atoms with E-state index in [2.05, 4.69) is 28.1 Å². The average Bonchev–Trinajstić information content (AvgIpc) is 3.11. The molecule has 1 N–H and O–H groups in total. The summed E-state index contributed by atoms with van der Waals surface area (Å²) in [4.78, 5) is 6.53. The third-order valence-corrected chi connectivity index (χ3v) is 6.33. The smallest absolute Gasteiger partial charge is 0.119 e. The molecule has 0 amide bonds. The average molecular weight is 296 g/mol. The maximum atomic E-state index is 5.43. The first-order chi connectivity index (χ1) is 10.8. The zero-order chi connectivity index (χ0) is 14.7. The zero-order valence-corrected chi connectivity index (χ0v) is 13.3. The van der Waals surface area contributed by atoms with Gasteiger partial charge in [0.15, 0.2) is 0 Å². The summed E-state index contributed by atoms with van der Waals surface area (Å²) in [6.07, 6.45) is 6.91. The quantitative estimate of drug-likeness (QED) is 0.864. The summed E-state index contributed by atoms with van der Waals surface area (Å²) in [6.45, 7) is 2.56. The molecule has 0 radical (unpaired) electrons. The van der Waals surface area contributed by atoms with Gasteiger partial charge in [-0.1, -0.05) is 12.8 Å². The van der Waals surface area contributed by atoms with Crippen LogP contribution in [-0.4, -0.2) is 30.1 Å². The van der Waals surface area contributed by atoms with Crippen molar-refractivity contribution in [3.63, 3.8) is 0 Å². The topological polar surface area (TPSA) is 28.3 Å². The van der Waals surface area contributed by atoms with Crippen molar-refractivity contribution < 1.29 is 4.74 Å². The van der Waals surface area contributed by atoms with Gasteiger partial charge >= 0.3 is 0 Å². The minimum Gasteiger partial charge on any atom is -0.497 e. The van der Waals surface area contributed by atoms with Gasteiger partial charge in [-0.2, -0.15) is 0 Å². The molecule has 5 rings (SSSR count). The first-order valence-electron chi connectivity index (χ1n) is 8.77. The number of nitrogens with one attached hydrogen (secondary N) is 1. The number of aromatic nitrogens is 1. The van der Waals surface area contributed by atoms with Gasteiger partial charge in [0, 0.05) is 29.7 Å². The number of methoxy groups -OCH3 is 1. The van der Waals surface area contributed by atoms with Crippen LogP contribution in [0.3, 0.4) is 0 Å². The van der Waals surface area contributed by atoms with Crippen molar-refractivity contribution in [3.8, 4) is 5.75 Å². The molecule has 116 valence electrons. The number of hydrogen-bond donors (Lipinski definition) is 1. The highest BCUT2D eigenvalue weighted by atomic mass is 16.5. The van der Waals surface area contributed by atoms with E-state index in [1.807, 2.05) is 0 Å². The molecule has 1 aliphatic carbocycles.